The maximum atomic E-state index is 12.7. The Morgan fingerprint density at radius 2 is 1.79 bits per heavy atom. The van der Waals surface area contributed by atoms with Crippen LogP contribution in [0.1, 0.15) is 31.7 Å². The summed E-state index contributed by atoms with van der Waals surface area (Å²) < 4.78 is 7.44. The smallest absolute Gasteiger partial charge is 0.286 e. The third-order valence-corrected chi connectivity index (χ3v) is 6.77. The predicted octanol–water partition coefficient (Wildman–Crippen LogP) is 5.39. The van der Waals surface area contributed by atoms with E-state index in [9.17, 15) is 4.79 Å². The number of carbonyl (C=O) groups excluding carboxylic acids is 1. The summed E-state index contributed by atoms with van der Waals surface area (Å²) in [6, 6.07) is 17.9. The highest BCUT2D eigenvalue weighted by Gasteiger charge is 2.27. The van der Waals surface area contributed by atoms with E-state index < -0.39 is 0 Å². The number of likely N-dealkylation sites (tertiary alicyclic amines) is 1. The van der Waals surface area contributed by atoms with Crippen molar-refractivity contribution in [3.8, 4) is 22.7 Å². The monoisotopic (exact) mass is 458 g/mol. The highest BCUT2D eigenvalue weighted by Crippen LogP contribution is 2.34. The minimum atomic E-state index is -0.175. The number of piperidine rings is 1. The lowest BCUT2D eigenvalue weighted by molar-refractivity contribution is -0.113. The molecule has 7 heteroatoms. The molecule has 1 amide bonds. The molecule has 0 radical (unpaired) electrons. The molecule has 0 spiro atoms. The van der Waals surface area contributed by atoms with Gasteiger partial charge in [0, 0.05) is 30.4 Å². The minimum Gasteiger partial charge on any atom is -0.494 e. The van der Waals surface area contributed by atoms with E-state index in [1.165, 1.54) is 18.2 Å². The number of nitrogens with zero attached hydrogens (tertiary/aromatic N) is 4. The first kappa shape index (κ1) is 21.5. The summed E-state index contributed by atoms with van der Waals surface area (Å²) in [7, 11) is 0. The van der Waals surface area contributed by atoms with Crippen molar-refractivity contribution in [1.29, 1.82) is 0 Å². The first-order chi connectivity index (χ1) is 16.2. The molecule has 3 aromatic rings. The van der Waals surface area contributed by atoms with Gasteiger partial charge in [0.05, 0.1) is 22.9 Å². The van der Waals surface area contributed by atoms with E-state index in [0.29, 0.717) is 11.5 Å². The fourth-order valence-corrected chi connectivity index (χ4v) is 5.02. The zero-order valence-corrected chi connectivity index (χ0v) is 19.4. The van der Waals surface area contributed by atoms with Gasteiger partial charge < -0.3 is 9.64 Å². The highest BCUT2D eigenvalue weighted by atomic mass is 32.2. The highest BCUT2D eigenvalue weighted by molar-refractivity contribution is 8.18. The van der Waals surface area contributed by atoms with Gasteiger partial charge in [-0.2, -0.15) is 10.1 Å². The van der Waals surface area contributed by atoms with Crippen LogP contribution in [-0.4, -0.2) is 45.5 Å². The van der Waals surface area contributed by atoms with E-state index in [-0.39, 0.29) is 5.91 Å². The Morgan fingerprint density at radius 1 is 1.03 bits per heavy atom. The molecular weight excluding hydrogens is 432 g/mol. The molecule has 1 fully saturated rings. The van der Waals surface area contributed by atoms with Crippen LogP contribution in [0, 0.1) is 0 Å². The lowest BCUT2D eigenvalue weighted by atomic mass is 10.1. The number of thioether (sulfide) groups is 1. The number of aromatic nitrogens is 2. The van der Waals surface area contributed by atoms with Gasteiger partial charge in [-0.1, -0.05) is 18.2 Å². The third-order valence-electron chi connectivity index (χ3n) is 5.72. The molecule has 0 unspecified atom stereocenters. The molecule has 1 aromatic heterocycles. The van der Waals surface area contributed by atoms with Crippen molar-refractivity contribution < 1.29 is 9.53 Å². The van der Waals surface area contributed by atoms with Crippen molar-refractivity contribution in [1.82, 2.24) is 14.7 Å². The molecule has 3 heterocycles. The molecule has 2 aliphatic rings. The van der Waals surface area contributed by atoms with Gasteiger partial charge in [-0.25, -0.2) is 4.68 Å². The van der Waals surface area contributed by atoms with Crippen molar-refractivity contribution in [2.45, 2.75) is 26.2 Å². The van der Waals surface area contributed by atoms with E-state index in [1.54, 1.807) is 0 Å². The molecule has 33 heavy (non-hydrogen) atoms. The van der Waals surface area contributed by atoms with E-state index in [0.717, 1.165) is 59.4 Å². The second kappa shape index (κ2) is 9.67. The van der Waals surface area contributed by atoms with E-state index >= 15 is 0 Å². The molecule has 168 valence electrons. The van der Waals surface area contributed by atoms with Crippen molar-refractivity contribution in [2.75, 3.05) is 19.7 Å². The largest absolute Gasteiger partial charge is 0.494 e. The molecule has 0 aliphatic carbocycles. The number of benzene rings is 2. The van der Waals surface area contributed by atoms with Gasteiger partial charge in [0.1, 0.15) is 5.75 Å². The SMILES string of the molecule is CCOc1ccc(-c2nn(-c3ccccc3)cc2/C=C2\SC(N3CCCCC3)=NC2=O)cc1. The summed E-state index contributed by atoms with van der Waals surface area (Å²) in [5.41, 5.74) is 3.63. The first-order valence-corrected chi connectivity index (χ1v) is 12.2. The minimum absolute atomic E-state index is 0.175. The molecular formula is C26H26N4O2S. The van der Waals surface area contributed by atoms with E-state index in [2.05, 4.69) is 9.89 Å². The molecule has 0 saturated carbocycles. The van der Waals surface area contributed by atoms with Crippen LogP contribution in [0.3, 0.4) is 0 Å². The topological polar surface area (TPSA) is 59.7 Å². The van der Waals surface area contributed by atoms with E-state index in [1.807, 2.05) is 78.5 Å². The molecule has 0 atom stereocenters. The Hall–Kier alpha value is -3.32. The second-order valence-electron chi connectivity index (χ2n) is 8.03. The number of amides is 1. The van der Waals surface area contributed by atoms with Crippen LogP contribution in [0.25, 0.3) is 23.0 Å². The zero-order chi connectivity index (χ0) is 22.6. The number of para-hydroxylation sites is 1. The molecule has 1 saturated heterocycles. The summed E-state index contributed by atoms with van der Waals surface area (Å²) in [6.45, 7) is 4.53. The lowest BCUT2D eigenvalue weighted by Gasteiger charge is -2.27. The van der Waals surface area contributed by atoms with Gasteiger partial charge in [-0.15, -0.1) is 0 Å². The van der Waals surface area contributed by atoms with E-state index in [4.69, 9.17) is 9.84 Å². The van der Waals surface area contributed by atoms with Gasteiger partial charge in [0.2, 0.25) is 0 Å². The fourth-order valence-electron chi connectivity index (χ4n) is 4.07. The van der Waals surface area contributed by atoms with Gasteiger partial charge >= 0.3 is 0 Å². The average molecular weight is 459 g/mol. The quantitative estimate of drug-likeness (QED) is 0.480. The van der Waals surface area contributed by atoms with Crippen molar-refractivity contribution >= 4 is 28.9 Å². The van der Waals surface area contributed by atoms with Crippen molar-refractivity contribution in [3.05, 3.63) is 71.3 Å². The second-order valence-corrected chi connectivity index (χ2v) is 9.04. The maximum Gasteiger partial charge on any atom is 0.286 e. The maximum absolute atomic E-state index is 12.7. The summed E-state index contributed by atoms with van der Waals surface area (Å²) in [6.07, 6.45) is 7.44. The van der Waals surface area contributed by atoms with Crippen molar-refractivity contribution in [3.63, 3.8) is 0 Å². The molecule has 0 N–H and O–H groups in total. The number of rotatable bonds is 5. The molecule has 0 bridgehead atoms. The number of aliphatic imine (C=N–C) groups is 1. The average Bonchev–Trinajstić information content (AvgIpc) is 3.45. The summed E-state index contributed by atoms with van der Waals surface area (Å²) in [5.74, 6) is 0.649. The van der Waals surface area contributed by atoms with Crippen LogP contribution < -0.4 is 4.74 Å². The molecule has 2 aliphatic heterocycles. The van der Waals surface area contributed by atoms with Crippen molar-refractivity contribution in [2.24, 2.45) is 4.99 Å². The molecule has 6 nitrogen and oxygen atoms in total. The van der Waals surface area contributed by atoms with Gasteiger partial charge in [0.25, 0.3) is 5.91 Å². The van der Waals surface area contributed by atoms with Crippen LogP contribution in [0.2, 0.25) is 0 Å². The van der Waals surface area contributed by atoms with Gasteiger partial charge in [0.15, 0.2) is 5.17 Å². The third kappa shape index (κ3) is 4.73. The fraction of sp³-hybridized carbons (Fsp3) is 0.269. The Kier molecular flexibility index (Phi) is 6.30. The van der Waals surface area contributed by atoms with Crippen LogP contribution in [0.15, 0.2) is 70.7 Å². The van der Waals surface area contributed by atoms with Crippen LogP contribution in [0.4, 0.5) is 0 Å². The summed E-state index contributed by atoms with van der Waals surface area (Å²) in [5, 5.41) is 5.69. The number of ether oxygens (including phenoxy) is 1. The Balaban J connectivity index is 1.49. The molecule has 2 aromatic carbocycles. The normalized spacial score (nSPS) is 17.5. The first-order valence-electron chi connectivity index (χ1n) is 11.4. The number of hydrogen-bond acceptors (Lipinski definition) is 5. The lowest BCUT2D eigenvalue weighted by Crippen LogP contribution is -2.33. The summed E-state index contributed by atoms with van der Waals surface area (Å²) in [4.78, 5) is 19.9. The van der Waals surface area contributed by atoms with Crippen LogP contribution in [0.5, 0.6) is 5.75 Å². The predicted molar refractivity (Wildman–Crippen MR) is 134 cm³/mol. The van der Waals surface area contributed by atoms with Crippen LogP contribution in [-0.2, 0) is 4.79 Å². The molecule has 5 rings (SSSR count). The van der Waals surface area contributed by atoms with Crippen LogP contribution >= 0.6 is 11.8 Å². The summed E-state index contributed by atoms with van der Waals surface area (Å²) >= 11 is 1.47. The Bertz CT molecular complexity index is 1190. The van der Waals surface area contributed by atoms with Gasteiger partial charge in [-0.05, 0) is 80.4 Å². The number of carbonyl (C=O) groups is 1. The number of amidine groups is 1. The Morgan fingerprint density at radius 3 is 2.52 bits per heavy atom. The number of hydrogen-bond donors (Lipinski definition) is 0. The standard InChI is InChI=1S/C26H26N4O2S/c1-2-32-22-13-11-19(12-14-22)24-20(18-30(28-24)21-9-5-3-6-10-21)17-23-25(31)27-26(33-23)29-15-7-4-8-16-29/h3,5-6,9-14,17-18H,2,4,7-8,15-16H2,1H3/b23-17-. The zero-order valence-electron chi connectivity index (χ0n) is 18.6. The Labute approximate surface area is 198 Å². The van der Waals surface area contributed by atoms with Gasteiger partial charge in [-0.3, -0.25) is 4.79 Å².